The number of carbonyl (C=O) groups is 1. The van der Waals surface area contributed by atoms with Crippen LogP contribution >= 0.6 is 0 Å². The summed E-state index contributed by atoms with van der Waals surface area (Å²) in [5, 5.41) is 30.6. The number of aliphatic hydroxyl groups excluding tert-OH is 3. The van der Waals surface area contributed by atoms with Crippen LogP contribution in [0.4, 0.5) is 0 Å². The maximum Gasteiger partial charge on any atom is 0.397 e. The van der Waals surface area contributed by atoms with Crippen molar-refractivity contribution in [1.29, 1.82) is 0 Å². The lowest BCUT2D eigenvalue weighted by Crippen LogP contribution is -2.60. The van der Waals surface area contributed by atoms with Crippen LogP contribution in [-0.2, 0) is 38.3 Å². The lowest BCUT2D eigenvalue weighted by molar-refractivity contribution is -0.301. The number of unbranched alkanes of at least 4 members (excludes halogenated alkanes) is 31. The molecule has 60 heavy (non-hydrogen) atoms. The maximum atomic E-state index is 12.8. The molecule has 1 saturated heterocycles. The third kappa shape index (κ3) is 32.7. The van der Waals surface area contributed by atoms with Crippen molar-refractivity contribution in [2.24, 2.45) is 0 Å². The highest BCUT2D eigenvalue weighted by molar-refractivity contribution is 7.80. The molecule has 0 amide bonds. The van der Waals surface area contributed by atoms with E-state index >= 15 is 0 Å². The van der Waals surface area contributed by atoms with Gasteiger partial charge in [0.05, 0.1) is 19.8 Å². The molecule has 1 fully saturated rings. The lowest BCUT2D eigenvalue weighted by Gasteiger charge is -2.41. The van der Waals surface area contributed by atoms with Gasteiger partial charge >= 0.3 is 16.4 Å². The maximum absolute atomic E-state index is 12.8. The zero-order valence-electron chi connectivity index (χ0n) is 38.3. The second-order valence-corrected chi connectivity index (χ2v) is 18.5. The van der Waals surface area contributed by atoms with Crippen molar-refractivity contribution in [2.45, 2.75) is 269 Å². The van der Waals surface area contributed by atoms with Crippen LogP contribution in [0.2, 0.25) is 0 Å². The van der Waals surface area contributed by atoms with E-state index in [1.54, 1.807) is 0 Å². The smallest absolute Gasteiger partial charge is 0.397 e. The largest absolute Gasteiger partial charge is 0.457 e. The monoisotopic (exact) mass is 881 g/mol. The highest BCUT2D eigenvalue weighted by Crippen LogP contribution is 2.26. The van der Waals surface area contributed by atoms with Gasteiger partial charge < -0.3 is 34.3 Å². The third-order valence-electron chi connectivity index (χ3n) is 11.7. The van der Waals surface area contributed by atoms with Crippen LogP contribution in [0.5, 0.6) is 0 Å². The molecule has 0 saturated carbocycles. The van der Waals surface area contributed by atoms with Gasteiger partial charge in [0.25, 0.3) is 0 Å². The van der Waals surface area contributed by atoms with Crippen molar-refractivity contribution in [2.75, 3.05) is 26.4 Å². The molecule has 358 valence electrons. The molecule has 0 aromatic carbocycles. The SMILES string of the molecule is CCCCCCCCCCCCCCCCCCCCCCCCCCC(=O)OC(COCCCCCCCCCCC)COC1OC(CO)C(O)C(OS(=O)(=O)O)C1O. The molecule has 0 bridgehead atoms. The number of ether oxygens (including phenoxy) is 4. The Hall–Kier alpha value is -0.900. The van der Waals surface area contributed by atoms with Crippen molar-refractivity contribution in [3.05, 3.63) is 0 Å². The second-order valence-electron chi connectivity index (χ2n) is 17.4. The van der Waals surface area contributed by atoms with Gasteiger partial charge in [-0.15, -0.1) is 0 Å². The number of carbonyl (C=O) groups excluding carboxylic acids is 1. The minimum Gasteiger partial charge on any atom is -0.457 e. The highest BCUT2D eigenvalue weighted by Gasteiger charge is 2.48. The van der Waals surface area contributed by atoms with E-state index in [1.165, 1.54) is 167 Å². The van der Waals surface area contributed by atoms with Crippen LogP contribution in [0.15, 0.2) is 0 Å². The van der Waals surface area contributed by atoms with Crippen molar-refractivity contribution in [3.8, 4) is 0 Å². The Bertz CT molecular complexity index is 1060. The van der Waals surface area contributed by atoms with Crippen LogP contribution in [-0.4, -0.2) is 97.5 Å². The predicted octanol–water partition coefficient (Wildman–Crippen LogP) is 10.9. The lowest BCUT2D eigenvalue weighted by atomic mass is 9.99. The van der Waals surface area contributed by atoms with Crippen LogP contribution in [0.1, 0.15) is 232 Å². The van der Waals surface area contributed by atoms with Gasteiger partial charge in [0, 0.05) is 13.0 Å². The molecule has 0 aromatic heterocycles. The van der Waals surface area contributed by atoms with E-state index < -0.39 is 59.8 Å². The average molecular weight is 881 g/mol. The van der Waals surface area contributed by atoms with E-state index in [-0.39, 0.29) is 19.6 Å². The van der Waals surface area contributed by atoms with E-state index in [0.29, 0.717) is 13.0 Å². The fourth-order valence-electron chi connectivity index (χ4n) is 7.97. The summed E-state index contributed by atoms with van der Waals surface area (Å²) in [5.74, 6) is -0.393. The normalized spacial score (nSPS) is 20.1. The fourth-order valence-corrected chi connectivity index (χ4v) is 8.48. The van der Waals surface area contributed by atoms with Gasteiger partial charge in [-0.25, -0.2) is 4.18 Å². The first kappa shape index (κ1) is 57.1. The van der Waals surface area contributed by atoms with Gasteiger partial charge in [-0.05, 0) is 12.8 Å². The third-order valence-corrected chi connectivity index (χ3v) is 12.2. The van der Waals surface area contributed by atoms with E-state index in [9.17, 15) is 28.5 Å². The van der Waals surface area contributed by atoms with E-state index in [4.69, 9.17) is 23.5 Å². The number of hydrogen-bond acceptors (Lipinski definition) is 11. The molecule has 12 nitrogen and oxygen atoms in total. The molecule has 6 unspecified atom stereocenters. The Morgan fingerprint density at radius 1 is 0.567 bits per heavy atom. The molecular formula is C47H92O12S. The van der Waals surface area contributed by atoms with Gasteiger partial charge in [-0.1, -0.05) is 213 Å². The number of hydrogen-bond donors (Lipinski definition) is 4. The first-order valence-corrected chi connectivity index (χ1v) is 26.2. The minimum atomic E-state index is -5.05. The van der Waals surface area contributed by atoms with Crippen molar-refractivity contribution >= 4 is 16.4 Å². The summed E-state index contributed by atoms with van der Waals surface area (Å²) >= 11 is 0. The molecule has 0 radical (unpaired) electrons. The summed E-state index contributed by atoms with van der Waals surface area (Å²) in [6, 6.07) is 0. The summed E-state index contributed by atoms with van der Waals surface area (Å²) in [4.78, 5) is 12.8. The molecule has 6 atom stereocenters. The van der Waals surface area contributed by atoms with Gasteiger partial charge in [0.2, 0.25) is 0 Å². The Morgan fingerprint density at radius 3 is 1.33 bits per heavy atom. The zero-order chi connectivity index (χ0) is 43.9. The molecule has 0 aliphatic carbocycles. The first-order valence-electron chi connectivity index (χ1n) is 24.8. The van der Waals surface area contributed by atoms with Crippen molar-refractivity contribution < 1.29 is 56.2 Å². The Labute approximate surface area is 366 Å². The molecule has 13 heteroatoms. The minimum absolute atomic E-state index is 0.0437. The predicted molar refractivity (Wildman–Crippen MR) is 239 cm³/mol. The Morgan fingerprint density at radius 2 is 0.950 bits per heavy atom. The molecule has 0 spiro atoms. The van der Waals surface area contributed by atoms with E-state index in [2.05, 4.69) is 18.0 Å². The molecule has 0 aromatic rings. The van der Waals surface area contributed by atoms with Crippen LogP contribution in [0.25, 0.3) is 0 Å². The van der Waals surface area contributed by atoms with Crippen molar-refractivity contribution in [3.63, 3.8) is 0 Å². The molecule has 4 N–H and O–H groups in total. The number of rotatable bonds is 44. The highest BCUT2D eigenvalue weighted by atomic mass is 32.3. The number of esters is 1. The van der Waals surface area contributed by atoms with Gasteiger partial charge in [0.1, 0.15) is 30.5 Å². The first-order chi connectivity index (χ1) is 29.1. The second kappa shape index (κ2) is 39.7. The summed E-state index contributed by atoms with van der Waals surface area (Å²) in [7, 11) is -5.05. The summed E-state index contributed by atoms with van der Waals surface area (Å²) in [6.45, 7) is 4.02. The van der Waals surface area contributed by atoms with Crippen LogP contribution < -0.4 is 0 Å². The summed E-state index contributed by atoms with van der Waals surface area (Å²) < 4.78 is 59.0. The zero-order valence-corrected chi connectivity index (χ0v) is 39.1. The molecule has 1 rings (SSSR count). The Balaban J connectivity index is 2.26. The quantitative estimate of drug-likeness (QED) is 0.0259. The molecule has 1 aliphatic heterocycles. The van der Waals surface area contributed by atoms with Gasteiger partial charge in [-0.2, -0.15) is 8.42 Å². The van der Waals surface area contributed by atoms with Crippen LogP contribution in [0, 0.1) is 0 Å². The van der Waals surface area contributed by atoms with Crippen molar-refractivity contribution in [1.82, 2.24) is 0 Å². The Kier molecular flexibility index (Phi) is 37.8. The molecular weight excluding hydrogens is 789 g/mol. The van der Waals surface area contributed by atoms with Gasteiger partial charge in [-0.3, -0.25) is 9.35 Å². The molecule has 1 aliphatic rings. The summed E-state index contributed by atoms with van der Waals surface area (Å²) in [6.07, 6.45) is 33.0. The van der Waals surface area contributed by atoms with Gasteiger partial charge in [0.15, 0.2) is 6.29 Å². The topological polar surface area (TPSA) is 178 Å². The number of aliphatic hydroxyl groups is 3. The van der Waals surface area contributed by atoms with E-state index in [0.717, 1.165) is 38.5 Å². The summed E-state index contributed by atoms with van der Waals surface area (Å²) in [5.41, 5.74) is 0. The molecule has 1 heterocycles. The standard InChI is InChI=1S/C47H92O12S/c1-3-5-7-9-11-13-14-15-16-17-18-19-20-21-22-23-24-25-26-27-28-30-32-34-36-43(49)57-41(39-55-37-35-33-31-29-12-10-8-6-4-2)40-56-47-45(51)46(59-60(52,53)54)44(50)42(38-48)58-47/h41-42,44-48,50-51H,3-40H2,1-2H3,(H,52,53,54). The van der Waals surface area contributed by atoms with Crippen LogP contribution in [0.3, 0.4) is 0 Å². The fraction of sp³-hybridized carbons (Fsp3) is 0.979. The average Bonchev–Trinajstić information content (AvgIpc) is 3.22. The van der Waals surface area contributed by atoms with E-state index in [1.807, 2.05) is 0 Å².